The van der Waals surface area contributed by atoms with Gasteiger partial charge in [0.15, 0.2) is 9.84 Å². The van der Waals surface area contributed by atoms with Crippen LogP contribution >= 0.6 is 0 Å². The zero-order chi connectivity index (χ0) is 19.3. The summed E-state index contributed by atoms with van der Waals surface area (Å²) in [6, 6.07) is 16.4. The quantitative estimate of drug-likeness (QED) is 0.499. The second-order valence-electron chi connectivity index (χ2n) is 7.19. The van der Waals surface area contributed by atoms with Crippen molar-refractivity contribution in [2.75, 3.05) is 13.1 Å². The van der Waals surface area contributed by atoms with Gasteiger partial charge < -0.3 is 15.3 Å². The van der Waals surface area contributed by atoms with Crippen LogP contribution in [-0.2, 0) is 9.84 Å². The Morgan fingerprint density at radius 1 is 0.893 bits per heavy atom. The number of aromatic amines is 2. The molecule has 1 fully saturated rings. The van der Waals surface area contributed by atoms with Crippen molar-refractivity contribution < 1.29 is 8.42 Å². The van der Waals surface area contributed by atoms with Crippen LogP contribution in [0.1, 0.15) is 6.42 Å². The molecular weight excluding hydrogens is 374 g/mol. The summed E-state index contributed by atoms with van der Waals surface area (Å²) in [5.41, 5.74) is 2.59. The minimum Gasteiger partial charge on any atom is -0.354 e. The highest BCUT2D eigenvalue weighted by atomic mass is 32.2. The fraction of sp³-hybridized carbons (Fsp3) is 0.190. The highest BCUT2D eigenvalue weighted by Crippen LogP contribution is 2.28. The number of H-pyrrole nitrogens is 2. The minimum atomic E-state index is -3.37. The number of fused-ring (bicyclic) bond motifs is 2. The molecule has 3 N–H and O–H groups in total. The molecular formula is C21H19N3O3S. The molecule has 1 aliphatic heterocycles. The van der Waals surface area contributed by atoms with E-state index < -0.39 is 9.84 Å². The molecule has 2 aromatic carbocycles. The Hall–Kier alpha value is -2.90. The largest absolute Gasteiger partial charge is 0.354 e. The first-order valence-corrected chi connectivity index (χ1v) is 10.8. The molecule has 0 saturated carbocycles. The van der Waals surface area contributed by atoms with Gasteiger partial charge >= 0.3 is 0 Å². The Bertz CT molecular complexity index is 1360. The molecule has 1 saturated heterocycles. The third kappa shape index (κ3) is 2.75. The monoisotopic (exact) mass is 393 g/mol. The Kier molecular flexibility index (Phi) is 3.89. The fourth-order valence-corrected chi connectivity index (χ4v) is 5.57. The predicted molar refractivity (Wildman–Crippen MR) is 110 cm³/mol. The summed E-state index contributed by atoms with van der Waals surface area (Å²) in [5.74, 6) is 0. The van der Waals surface area contributed by atoms with Gasteiger partial charge in [-0.25, -0.2) is 8.42 Å². The molecule has 142 valence electrons. The van der Waals surface area contributed by atoms with Crippen LogP contribution in [0.25, 0.3) is 33.1 Å². The van der Waals surface area contributed by atoms with Crippen LogP contribution < -0.4 is 10.9 Å². The highest BCUT2D eigenvalue weighted by molar-refractivity contribution is 7.92. The molecule has 0 bridgehead atoms. The fourth-order valence-electron chi connectivity index (χ4n) is 3.87. The van der Waals surface area contributed by atoms with Crippen molar-refractivity contribution in [1.82, 2.24) is 15.3 Å². The van der Waals surface area contributed by atoms with E-state index in [-0.39, 0.29) is 10.8 Å². The Balaban J connectivity index is 1.61. The molecule has 6 nitrogen and oxygen atoms in total. The zero-order valence-electron chi connectivity index (χ0n) is 15.0. The van der Waals surface area contributed by atoms with Gasteiger partial charge in [-0.15, -0.1) is 0 Å². The van der Waals surface area contributed by atoms with Gasteiger partial charge in [-0.2, -0.15) is 0 Å². The van der Waals surface area contributed by atoms with E-state index in [9.17, 15) is 13.2 Å². The molecule has 0 radical (unpaired) electrons. The number of hydrogen-bond donors (Lipinski definition) is 3. The predicted octanol–water partition coefficient (Wildman–Crippen LogP) is 2.81. The van der Waals surface area contributed by atoms with Gasteiger partial charge in [0.25, 0.3) is 5.56 Å². The number of aromatic nitrogens is 2. The van der Waals surface area contributed by atoms with Gasteiger partial charge in [0.05, 0.1) is 21.4 Å². The minimum absolute atomic E-state index is 0.185. The Morgan fingerprint density at radius 3 is 2.54 bits per heavy atom. The molecule has 0 amide bonds. The van der Waals surface area contributed by atoms with Crippen LogP contribution in [0.4, 0.5) is 0 Å². The van der Waals surface area contributed by atoms with Crippen molar-refractivity contribution in [2.45, 2.75) is 16.6 Å². The van der Waals surface area contributed by atoms with E-state index in [2.05, 4.69) is 15.3 Å². The molecule has 1 atom stereocenters. The van der Waals surface area contributed by atoms with Crippen molar-refractivity contribution in [1.29, 1.82) is 0 Å². The average Bonchev–Trinajstić information content (AvgIpc) is 3.37. The van der Waals surface area contributed by atoms with Crippen molar-refractivity contribution in [3.63, 3.8) is 0 Å². The number of rotatable bonds is 3. The van der Waals surface area contributed by atoms with Crippen LogP contribution in [0.5, 0.6) is 0 Å². The molecule has 4 aromatic rings. The molecule has 2 aromatic heterocycles. The van der Waals surface area contributed by atoms with Crippen LogP contribution in [0.15, 0.2) is 64.3 Å². The van der Waals surface area contributed by atoms with Crippen molar-refractivity contribution in [2.24, 2.45) is 0 Å². The highest BCUT2D eigenvalue weighted by Gasteiger charge is 2.30. The number of sulfone groups is 1. The first-order chi connectivity index (χ1) is 13.5. The van der Waals surface area contributed by atoms with Crippen LogP contribution in [0.3, 0.4) is 0 Å². The number of para-hydroxylation sites is 1. The second-order valence-corrected chi connectivity index (χ2v) is 9.42. The van der Waals surface area contributed by atoms with Gasteiger partial charge in [0.2, 0.25) is 0 Å². The third-order valence-corrected chi connectivity index (χ3v) is 7.61. The van der Waals surface area contributed by atoms with E-state index in [0.717, 1.165) is 28.4 Å². The first-order valence-electron chi connectivity index (χ1n) is 9.22. The molecule has 3 heterocycles. The molecule has 0 unspecified atom stereocenters. The number of benzene rings is 2. The van der Waals surface area contributed by atoms with Crippen LogP contribution in [-0.4, -0.2) is 36.7 Å². The van der Waals surface area contributed by atoms with E-state index in [0.29, 0.717) is 29.1 Å². The van der Waals surface area contributed by atoms with E-state index in [1.54, 1.807) is 18.2 Å². The first kappa shape index (κ1) is 17.2. The van der Waals surface area contributed by atoms with Gasteiger partial charge in [-0.1, -0.05) is 18.2 Å². The van der Waals surface area contributed by atoms with E-state index >= 15 is 0 Å². The smallest absolute Gasteiger partial charge is 0.257 e. The maximum absolute atomic E-state index is 12.9. The Morgan fingerprint density at radius 2 is 1.71 bits per heavy atom. The van der Waals surface area contributed by atoms with Crippen molar-refractivity contribution >= 4 is 31.6 Å². The van der Waals surface area contributed by atoms with Crippen LogP contribution in [0.2, 0.25) is 0 Å². The third-order valence-electron chi connectivity index (χ3n) is 5.42. The maximum atomic E-state index is 12.9. The maximum Gasteiger partial charge on any atom is 0.257 e. The molecule has 0 aliphatic carbocycles. The standard InChI is InChI=1S/C21H19N3O3S/c25-21-17(10-13-3-1-2-4-18(13)24-21)20-11-14-9-15(5-6-19(14)23-20)28(26,27)16-7-8-22-12-16/h1-6,9-11,16,22-23H,7-8,12H2,(H,24,25)/t16-/m1/s1. The average molecular weight is 393 g/mol. The summed E-state index contributed by atoms with van der Waals surface area (Å²) in [5, 5.41) is 4.44. The summed E-state index contributed by atoms with van der Waals surface area (Å²) in [7, 11) is -3.37. The SMILES string of the molecule is O=c1[nH]c2ccccc2cc1-c1cc2cc(S(=O)(=O)[C@@H]3CCNC3)ccc2[nH]1. The molecule has 28 heavy (non-hydrogen) atoms. The molecule has 0 spiro atoms. The lowest BCUT2D eigenvalue weighted by molar-refractivity contribution is 0.583. The summed E-state index contributed by atoms with van der Waals surface area (Å²) >= 11 is 0. The lowest BCUT2D eigenvalue weighted by Gasteiger charge is -2.10. The molecule has 7 heteroatoms. The number of nitrogens with one attached hydrogen (secondary N) is 3. The van der Waals surface area contributed by atoms with Crippen molar-refractivity contribution in [3.05, 3.63) is 65.0 Å². The van der Waals surface area contributed by atoms with Crippen LogP contribution in [0, 0.1) is 0 Å². The summed E-state index contributed by atoms with van der Waals surface area (Å²) in [6.07, 6.45) is 0.630. The topological polar surface area (TPSA) is 94.8 Å². The van der Waals surface area contributed by atoms with Gasteiger partial charge in [-0.05, 0) is 54.8 Å². The lowest BCUT2D eigenvalue weighted by atomic mass is 10.1. The van der Waals surface area contributed by atoms with E-state index in [1.165, 1.54) is 0 Å². The van der Waals surface area contributed by atoms with Gasteiger partial charge in [0, 0.05) is 23.0 Å². The number of pyridine rings is 1. The zero-order valence-corrected chi connectivity index (χ0v) is 15.8. The number of hydrogen-bond acceptors (Lipinski definition) is 4. The van der Waals surface area contributed by atoms with Crippen molar-refractivity contribution in [3.8, 4) is 11.3 Å². The normalized spacial score (nSPS) is 17.5. The molecule has 1 aliphatic rings. The second kappa shape index (κ2) is 6.32. The summed E-state index contributed by atoms with van der Waals surface area (Å²) in [4.78, 5) is 19.0. The van der Waals surface area contributed by atoms with Gasteiger partial charge in [0.1, 0.15) is 0 Å². The Labute approximate surface area is 161 Å². The van der Waals surface area contributed by atoms with Gasteiger partial charge in [-0.3, -0.25) is 4.79 Å². The van der Waals surface area contributed by atoms with E-state index in [4.69, 9.17) is 0 Å². The summed E-state index contributed by atoms with van der Waals surface area (Å²) in [6.45, 7) is 1.22. The summed E-state index contributed by atoms with van der Waals surface area (Å²) < 4.78 is 25.7. The molecule has 5 rings (SSSR count). The van der Waals surface area contributed by atoms with E-state index in [1.807, 2.05) is 36.4 Å². The lowest BCUT2D eigenvalue weighted by Crippen LogP contribution is -2.23.